The van der Waals surface area contributed by atoms with Gasteiger partial charge in [-0.3, -0.25) is 15.1 Å². The topological polar surface area (TPSA) is 54.0 Å². The number of benzene rings is 1. The van der Waals surface area contributed by atoms with Crippen molar-refractivity contribution in [3.63, 3.8) is 0 Å². The lowest BCUT2D eigenvalue weighted by Crippen LogP contribution is -2.47. The molecule has 1 atom stereocenters. The zero-order chi connectivity index (χ0) is 12.5. The van der Waals surface area contributed by atoms with Gasteiger partial charge in [-0.05, 0) is 24.3 Å². The van der Waals surface area contributed by atoms with E-state index in [0.717, 1.165) is 23.1 Å². The largest absolute Gasteiger partial charge is 0.353 e. The Labute approximate surface area is 109 Å². The van der Waals surface area contributed by atoms with Crippen LogP contribution in [0.3, 0.4) is 0 Å². The number of pyridine rings is 1. The lowest BCUT2D eigenvalue weighted by Gasteiger charge is -2.23. The second-order valence-corrected chi connectivity index (χ2v) is 4.69. The highest BCUT2D eigenvalue weighted by Gasteiger charge is 2.24. The molecule has 1 aliphatic rings. The van der Waals surface area contributed by atoms with E-state index in [1.807, 2.05) is 24.3 Å². The monoisotopic (exact) mass is 261 g/mol. The van der Waals surface area contributed by atoms with Crippen LogP contribution in [0.25, 0.3) is 10.9 Å². The van der Waals surface area contributed by atoms with E-state index in [9.17, 15) is 4.79 Å². The minimum Gasteiger partial charge on any atom is -0.353 e. The SMILES string of the molecule is O=C1NCCNC1c1ccc2cc(Cl)ccc2n1. The average molecular weight is 262 g/mol. The van der Waals surface area contributed by atoms with Crippen LogP contribution in [0.4, 0.5) is 0 Å². The van der Waals surface area contributed by atoms with Crippen LogP contribution in [0.1, 0.15) is 11.7 Å². The number of hydrogen-bond donors (Lipinski definition) is 2. The van der Waals surface area contributed by atoms with E-state index >= 15 is 0 Å². The molecule has 1 aromatic carbocycles. The minimum absolute atomic E-state index is 0.0259. The van der Waals surface area contributed by atoms with Crippen molar-refractivity contribution in [2.45, 2.75) is 6.04 Å². The van der Waals surface area contributed by atoms with Gasteiger partial charge < -0.3 is 5.32 Å². The van der Waals surface area contributed by atoms with E-state index < -0.39 is 0 Å². The van der Waals surface area contributed by atoms with Gasteiger partial charge in [-0.1, -0.05) is 17.7 Å². The van der Waals surface area contributed by atoms with Gasteiger partial charge in [0, 0.05) is 23.5 Å². The summed E-state index contributed by atoms with van der Waals surface area (Å²) in [6.45, 7) is 1.43. The molecule has 0 saturated carbocycles. The van der Waals surface area contributed by atoms with Crippen LogP contribution in [-0.2, 0) is 4.79 Å². The zero-order valence-corrected chi connectivity index (χ0v) is 10.4. The molecule has 1 aliphatic heterocycles. The summed E-state index contributed by atoms with van der Waals surface area (Å²) in [4.78, 5) is 16.3. The summed E-state index contributed by atoms with van der Waals surface area (Å²) in [5.74, 6) is -0.0259. The number of carbonyl (C=O) groups is 1. The van der Waals surface area contributed by atoms with Gasteiger partial charge in [-0.2, -0.15) is 0 Å². The molecule has 1 aromatic heterocycles. The first-order valence-electron chi connectivity index (χ1n) is 5.81. The lowest BCUT2D eigenvalue weighted by molar-refractivity contribution is -0.124. The Kier molecular flexibility index (Phi) is 2.89. The van der Waals surface area contributed by atoms with Gasteiger partial charge in [0.1, 0.15) is 6.04 Å². The third-order valence-electron chi connectivity index (χ3n) is 3.00. The number of nitrogens with zero attached hydrogens (tertiary/aromatic N) is 1. The molecule has 3 rings (SSSR count). The first-order valence-corrected chi connectivity index (χ1v) is 6.19. The molecule has 5 heteroatoms. The number of piperazine rings is 1. The molecule has 1 fully saturated rings. The summed E-state index contributed by atoms with van der Waals surface area (Å²) >= 11 is 5.93. The Balaban J connectivity index is 2.02. The molecule has 2 heterocycles. The minimum atomic E-state index is -0.362. The molecule has 1 unspecified atom stereocenters. The summed E-state index contributed by atoms with van der Waals surface area (Å²) in [6, 6.07) is 8.96. The number of rotatable bonds is 1. The van der Waals surface area contributed by atoms with Gasteiger partial charge in [0.05, 0.1) is 11.2 Å². The average Bonchev–Trinajstić information content (AvgIpc) is 2.39. The van der Waals surface area contributed by atoms with E-state index in [1.54, 1.807) is 6.07 Å². The van der Waals surface area contributed by atoms with Gasteiger partial charge in [0.25, 0.3) is 0 Å². The van der Waals surface area contributed by atoms with Crippen molar-refractivity contribution >= 4 is 28.4 Å². The third kappa shape index (κ3) is 2.05. The molecule has 0 spiro atoms. The van der Waals surface area contributed by atoms with E-state index in [0.29, 0.717) is 11.6 Å². The van der Waals surface area contributed by atoms with E-state index in [-0.39, 0.29) is 11.9 Å². The molecule has 1 saturated heterocycles. The molecule has 0 bridgehead atoms. The molecule has 0 aliphatic carbocycles. The van der Waals surface area contributed by atoms with Crippen molar-refractivity contribution in [3.8, 4) is 0 Å². The zero-order valence-electron chi connectivity index (χ0n) is 9.61. The van der Waals surface area contributed by atoms with E-state index in [1.165, 1.54) is 0 Å². The normalized spacial score (nSPS) is 19.8. The van der Waals surface area contributed by atoms with Gasteiger partial charge >= 0.3 is 0 Å². The Morgan fingerprint density at radius 2 is 2.11 bits per heavy atom. The quantitative estimate of drug-likeness (QED) is 0.821. The van der Waals surface area contributed by atoms with Crippen LogP contribution in [0, 0.1) is 0 Å². The number of aromatic nitrogens is 1. The Morgan fingerprint density at radius 1 is 1.22 bits per heavy atom. The fraction of sp³-hybridized carbons (Fsp3) is 0.231. The van der Waals surface area contributed by atoms with Crippen molar-refractivity contribution in [3.05, 3.63) is 41.0 Å². The van der Waals surface area contributed by atoms with Crippen LogP contribution < -0.4 is 10.6 Å². The maximum Gasteiger partial charge on any atom is 0.243 e. The predicted molar refractivity (Wildman–Crippen MR) is 70.5 cm³/mol. The third-order valence-corrected chi connectivity index (χ3v) is 3.24. The smallest absolute Gasteiger partial charge is 0.243 e. The van der Waals surface area contributed by atoms with Crippen LogP contribution >= 0.6 is 11.6 Å². The number of halogens is 1. The number of fused-ring (bicyclic) bond motifs is 1. The summed E-state index contributed by atoms with van der Waals surface area (Å²) in [6.07, 6.45) is 0. The molecule has 4 nitrogen and oxygen atoms in total. The first kappa shape index (κ1) is 11.4. The van der Waals surface area contributed by atoms with E-state index in [2.05, 4.69) is 15.6 Å². The van der Waals surface area contributed by atoms with Gasteiger partial charge in [0.2, 0.25) is 5.91 Å². The number of amides is 1. The Bertz CT molecular complexity index is 614. The maximum absolute atomic E-state index is 11.8. The van der Waals surface area contributed by atoms with Gasteiger partial charge in [-0.25, -0.2) is 0 Å². The van der Waals surface area contributed by atoms with Crippen molar-refractivity contribution in [2.75, 3.05) is 13.1 Å². The molecular formula is C13H12ClN3O. The van der Waals surface area contributed by atoms with Crippen molar-refractivity contribution in [2.24, 2.45) is 0 Å². The van der Waals surface area contributed by atoms with E-state index in [4.69, 9.17) is 11.6 Å². The van der Waals surface area contributed by atoms with Crippen LogP contribution in [0.2, 0.25) is 5.02 Å². The molecule has 0 radical (unpaired) electrons. The second-order valence-electron chi connectivity index (χ2n) is 4.25. The summed E-state index contributed by atoms with van der Waals surface area (Å²) in [5, 5.41) is 7.65. The summed E-state index contributed by atoms with van der Waals surface area (Å²) in [5.41, 5.74) is 1.58. The second kappa shape index (κ2) is 4.55. The highest BCUT2D eigenvalue weighted by molar-refractivity contribution is 6.31. The van der Waals surface area contributed by atoms with Crippen molar-refractivity contribution < 1.29 is 4.79 Å². The highest BCUT2D eigenvalue weighted by atomic mass is 35.5. The highest BCUT2D eigenvalue weighted by Crippen LogP contribution is 2.21. The molecule has 2 aromatic rings. The number of carbonyl (C=O) groups excluding carboxylic acids is 1. The fourth-order valence-corrected chi connectivity index (χ4v) is 2.29. The fourth-order valence-electron chi connectivity index (χ4n) is 2.11. The summed E-state index contributed by atoms with van der Waals surface area (Å²) in [7, 11) is 0. The van der Waals surface area contributed by atoms with Crippen molar-refractivity contribution in [1.82, 2.24) is 15.6 Å². The van der Waals surface area contributed by atoms with Crippen LogP contribution in [-0.4, -0.2) is 24.0 Å². The lowest BCUT2D eigenvalue weighted by atomic mass is 10.1. The Morgan fingerprint density at radius 3 is 2.94 bits per heavy atom. The number of nitrogens with one attached hydrogen (secondary N) is 2. The molecule has 1 amide bonds. The standard InChI is InChI=1S/C13H12ClN3O/c14-9-2-4-10-8(7-9)1-3-11(17-10)12-13(18)16-6-5-15-12/h1-4,7,12,15H,5-6H2,(H,16,18). The van der Waals surface area contributed by atoms with Gasteiger partial charge in [0.15, 0.2) is 0 Å². The first-order chi connectivity index (χ1) is 8.74. The van der Waals surface area contributed by atoms with Crippen LogP contribution in [0.5, 0.6) is 0 Å². The maximum atomic E-state index is 11.8. The van der Waals surface area contributed by atoms with Crippen molar-refractivity contribution in [1.29, 1.82) is 0 Å². The number of hydrogen-bond acceptors (Lipinski definition) is 3. The molecule has 92 valence electrons. The molecular weight excluding hydrogens is 250 g/mol. The summed E-state index contributed by atoms with van der Waals surface area (Å²) < 4.78 is 0. The molecule has 2 N–H and O–H groups in total. The molecule has 18 heavy (non-hydrogen) atoms. The Hall–Kier alpha value is -1.65. The van der Waals surface area contributed by atoms with Crippen LogP contribution in [0.15, 0.2) is 30.3 Å². The predicted octanol–water partition coefficient (Wildman–Crippen LogP) is 1.65. The van der Waals surface area contributed by atoms with Gasteiger partial charge in [-0.15, -0.1) is 0 Å².